The topological polar surface area (TPSA) is 63.7 Å². The summed E-state index contributed by atoms with van der Waals surface area (Å²) in [5, 5.41) is 4.43. The van der Waals surface area contributed by atoms with Crippen LogP contribution in [0.1, 0.15) is 24.6 Å². The maximum atomic E-state index is 12.5. The number of nitrogens with zero attached hydrogens (tertiary/aromatic N) is 4. The van der Waals surface area contributed by atoms with Crippen molar-refractivity contribution < 1.29 is 9.15 Å². The van der Waals surface area contributed by atoms with Gasteiger partial charge in [-0.15, -0.1) is 0 Å². The minimum absolute atomic E-state index is 0.0494. The maximum absolute atomic E-state index is 12.5. The number of rotatable bonds is 7. The number of hydrogen-bond donors (Lipinski definition) is 0. The summed E-state index contributed by atoms with van der Waals surface area (Å²) in [7, 11) is 3.60. The van der Waals surface area contributed by atoms with E-state index in [0.717, 1.165) is 50.5 Å². The van der Waals surface area contributed by atoms with Crippen molar-refractivity contribution in [2.75, 3.05) is 45.3 Å². The normalized spacial score (nSPS) is 18.4. The summed E-state index contributed by atoms with van der Waals surface area (Å²) in [5.74, 6) is 0.955. The molecule has 0 N–H and O–H groups in total. The molecule has 7 heteroatoms. The van der Waals surface area contributed by atoms with Crippen molar-refractivity contribution in [1.29, 1.82) is 0 Å². The average Bonchev–Trinajstić information content (AvgIpc) is 3.12. The number of aromatic nitrogens is 2. The molecular weight excluding hydrogens is 320 g/mol. The summed E-state index contributed by atoms with van der Waals surface area (Å²) in [6, 6.07) is 5.66. The fourth-order valence-electron chi connectivity index (χ4n) is 3.25. The van der Waals surface area contributed by atoms with Crippen molar-refractivity contribution in [3.05, 3.63) is 46.8 Å². The largest absolute Gasteiger partial charge is 0.468 e. The molecule has 1 saturated heterocycles. The third-order valence-electron chi connectivity index (χ3n) is 4.67. The van der Waals surface area contributed by atoms with Gasteiger partial charge in [-0.25, -0.2) is 4.68 Å². The van der Waals surface area contributed by atoms with Gasteiger partial charge in [0.25, 0.3) is 5.56 Å². The van der Waals surface area contributed by atoms with E-state index in [9.17, 15) is 4.79 Å². The SMILES string of the molecule is COCCN(C)c1cnn(C2CCCN(Cc3ccco3)C2)c(=O)c1. The zero-order chi connectivity index (χ0) is 17.6. The van der Waals surface area contributed by atoms with Crippen LogP contribution in [0.25, 0.3) is 0 Å². The van der Waals surface area contributed by atoms with Crippen molar-refractivity contribution in [2.45, 2.75) is 25.4 Å². The van der Waals surface area contributed by atoms with Gasteiger partial charge >= 0.3 is 0 Å². The molecular formula is C18H26N4O3. The van der Waals surface area contributed by atoms with Gasteiger partial charge in [-0.05, 0) is 31.5 Å². The Bertz CT molecular complexity index is 713. The predicted molar refractivity (Wildman–Crippen MR) is 95.9 cm³/mol. The summed E-state index contributed by atoms with van der Waals surface area (Å²) in [6.45, 7) is 3.94. The van der Waals surface area contributed by atoms with E-state index in [-0.39, 0.29) is 11.6 Å². The van der Waals surface area contributed by atoms with Gasteiger partial charge in [0.15, 0.2) is 0 Å². The Labute approximate surface area is 147 Å². The first-order valence-corrected chi connectivity index (χ1v) is 8.71. The number of furan rings is 1. The van der Waals surface area contributed by atoms with Crippen molar-refractivity contribution in [2.24, 2.45) is 0 Å². The van der Waals surface area contributed by atoms with Gasteiger partial charge in [0.2, 0.25) is 0 Å². The van der Waals surface area contributed by atoms with Crippen LogP contribution in [0.4, 0.5) is 5.69 Å². The van der Waals surface area contributed by atoms with Crippen molar-refractivity contribution in [1.82, 2.24) is 14.7 Å². The van der Waals surface area contributed by atoms with Crippen LogP contribution in [0.15, 0.2) is 39.9 Å². The molecule has 1 aliphatic heterocycles. The molecule has 136 valence electrons. The predicted octanol–water partition coefficient (Wildman–Crippen LogP) is 1.76. The number of likely N-dealkylation sites (tertiary alicyclic amines) is 1. The molecule has 0 saturated carbocycles. The van der Waals surface area contributed by atoms with Crippen LogP contribution in [0.5, 0.6) is 0 Å². The van der Waals surface area contributed by atoms with E-state index in [2.05, 4.69) is 10.00 Å². The summed E-state index contributed by atoms with van der Waals surface area (Å²) in [6.07, 6.45) is 5.49. The standard InChI is InChI=1S/C18H26N4O3/c1-20(8-10-24-2)16-11-18(23)22(19-12-16)15-5-3-7-21(13-15)14-17-6-4-9-25-17/h4,6,9,11-12,15H,3,5,7-8,10,13-14H2,1-2H3. The molecule has 7 nitrogen and oxygen atoms in total. The molecule has 3 rings (SSSR count). The first kappa shape index (κ1) is 17.7. The lowest BCUT2D eigenvalue weighted by Crippen LogP contribution is -2.40. The van der Waals surface area contributed by atoms with Crippen LogP contribution >= 0.6 is 0 Å². The van der Waals surface area contributed by atoms with Gasteiger partial charge in [0.1, 0.15) is 5.76 Å². The van der Waals surface area contributed by atoms with Crippen LogP contribution in [0, 0.1) is 0 Å². The van der Waals surface area contributed by atoms with Crippen LogP contribution < -0.4 is 10.5 Å². The van der Waals surface area contributed by atoms with E-state index < -0.39 is 0 Å². The van der Waals surface area contributed by atoms with E-state index in [1.54, 1.807) is 30.3 Å². The molecule has 2 aromatic rings. The fourth-order valence-corrected chi connectivity index (χ4v) is 3.25. The number of hydrogen-bond acceptors (Lipinski definition) is 6. The van der Waals surface area contributed by atoms with Crippen molar-refractivity contribution in [3.8, 4) is 0 Å². The molecule has 25 heavy (non-hydrogen) atoms. The lowest BCUT2D eigenvalue weighted by molar-refractivity contribution is 0.150. The van der Waals surface area contributed by atoms with E-state index >= 15 is 0 Å². The van der Waals surface area contributed by atoms with E-state index in [0.29, 0.717) is 6.61 Å². The second kappa shape index (κ2) is 8.31. The Morgan fingerprint density at radius 2 is 2.36 bits per heavy atom. The molecule has 1 aliphatic rings. The maximum Gasteiger partial charge on any atom is 0.269 e. The molecule has 2 aromatic heterocycles. The summed E-state index contributed by atoms with van der Waals surface area (Å²) < 4.78 is 12.1. The highest BCUT2D eigenvalue weighted by Crippen LogP contribution is 2.21. The molecule has 0 radical (unpaired) electrons. The molecule has 0 bridgehead atoms. The Morgan fingerprint density at radius 3 is 3.08 bits per heavy atom. The van der Waals surface area contributed by atoms with Crippen LogP contribution in [-0.2, 0) is 11.3 Å². The smallest absolute Gasteiger partial charge is 0.269 e. The van der Waals surface area contributed by atoms with Crippen LogP contribution in [0.3, 0.4) is 0 Å². The highest BCUT2D eigenvalue weighted by Gasteiger charge is 2.23. The third-order valence-corrected chi connectivity index (χ3v) is 4.67. The van der Waals surface area contributed by atoms with E-state index in [4.69, 9.17) is 9.15 Å². The first-order chi connectivity index (χ1) is 12.2. The molecule has 0 aliphatic carbocycles. The minimum atomic E-state index is -0.0494. The number of anilines is 1. The molecule has 0 aromatic carbocycles. The average molecular weight is 346 g/mol. The summed E-state index contributed by atoms with van der Waals surface area (Å²) >= 11 is 0. The van der Waals surface area contributed by atoms with E-state index in [1.807, 2.05) is 24.1 Å². The fraction of sp³-hybridized carbons (Fsp3) is 0.556. The summed E-state index contributed by atoms with van der Waals surface area (Å²) in [4.78, 5) is 16.8. The third kappa shape index (κ3) is 4.49. The number of methoxy groups -OCH3 is 1. The molecule has 1 atom stereocenters. The zero-order valence-corrected chi connectivity index (χ0v) is 14.9. The molecule has 1 unspecified atom stereocenters. The lowest BCUT2D eigenvalue weighted by atomic mass is 10.1. The highest BCUT2D eigenvalue weighted by molar-refractivity contribution is 5.41. The number of ether oxygens (including phenoxy) is 1. The Hall–Kier alpha value is -2.12. The molecule has 0 spiro atoms. The van der Waals surface area contributed by atoms with Crippen molar-refractivity contribution in [3.63, 3.8) is 0 Å². The minimum Gasteiger partial charge on any atom is -0.468 e. The van der Waals surface area contributed by atoms with Gasteiger partial charge in [0, 0.05) is 33.3 Å². The van der Waals surface area contributed by atoms with Gasteiger partial charge in [-0.1, -0.05) is 0 Å². The Morgan fingerprint density at radius 1 is 1.48 bits per heavy atom. The van der Waals surface area contributed by atoms with Crippen LogP contribution in [0.2, 0.25) is 0 Å². The molecule has 0 amide bonds. The first-order valence-electron chi connectivity index (χ1n) is 8.71. The van der Waals surface area contributed by atoms with Crippen molar-refractivity contribution >= 4 is 5.69 Å². The van der Waals surface area contributed by atoms with Gasteiger partial charge < -0.3 is 14.1 Å². The summed E-state index contributed by atoms with van der Waals surface area (Å²) in [5.41, 5.74) is 0.771. The highest BCUT2D eigenvalue weighted by atomic mass is 16.5. The van der Waals surface area contributed by atoms with E-state index in [1.165, 1.54) is 0 Å². The Kier molecular flexibility index (Phi) is 5.88. The quantitative estimate of drug-likeness (QED) is 0.761. The monoisotopic (exact) mass is 346 g/mol. The van der Waals surface area contributed by atoms with Gasteiger partial charge in [-0.2, -0.15) is 5.10 Å². The zero-order valence-electron chi connectivity index (χ0n) is 14.9. The van der Waals surface area contributed by atoms with Gasteiger partial charge in [0.05, 0.1) is 37.3 Å². The Balaban J connectivity index is 1.67. The molecule has 3 heterocycles. The second-order valence-corrected chi connectivity index (χ2v) is 6.52. The lowest BCUT2D eigenvalue weighted by Gasteiger charge is -2.32. The second-order valence-electron chi connectivity index (χ2n) is 6.52. The van der Waals surface area contributed by atoms with Crippen LogP contribution in [-0.4, -0.2) is 55.1 Å². The van der Waals surface area contributed by atoms with Gasteiger partial charge in [-0.3, -0.25) is 9.69 Å². The number of piperidine rings is 1. The molecule has 1 fully saturated rings. The number of likely N-dealkylation sites (N-methyl/N-ethyl adjacent to an activating group) is 1.